The summed E-state index contributed by atoms with van der Waals surface area (Å²) in [6.45, 7) is 5.87. The van der Waals surface area contributed by atoms with Crippen LogP contribution < -0.4 is 0 Å². The van der Waals surface area contributed by atoms with Crippen molar-refractivity contribution in [3.05, 3.63) is 23.9 Å². The summed E-state index contributed by atoms with van der Waals surface area (Å²) in [6.07, 6.45) is 8.89. The van der Waals surface area contributed by atoms with Gasteiger partial charge in [0.05, 0.1) is 0 Å². The zero-order valence-electron chi connectivity index (χ0n) is 10.8. The van der Waals surface area contributed by atoms with Gasteiger partial charge < -0.3 is 0 Å². The number of rotatable bonds is 3. The van der Waals surface area contributed by atoms with E-state index in [0.29, 0.717) is 0 Å². The van der Waals surface area contributed by atoms with E-state index >= 15 is 0 Å². The molecular weight excluding hydrogens is 305 g/mol. The molecule has 0 spiro atoms. The van der Waals surface area contributed by atoms with Crippen LogP contribution in [0.2, 0.25) is 12.1 Å². The fourth-order valence-corrected chi connectivity index (χ4v) is 24.3. The maximum absolute atomic E-state index is 6.94. The first-order valence-electron chi connectivity index (χ1n) is 6.37. The Kier molecular flexibility index (Phi) is 4.22. The van der Waals surface area contributed by atoms with Crippen molar-refractivity contribution in [2.45, 2.75) is 51.2 Å². The Morgan fingerprint density at radius 2 is 1.94 bits per heavy atom. The van der Waals surface area contributed by atoms with E-state index in [1.807, 2.05) is 0 Å². The van der Waals surface area contributed by atoms with E-state index in [-0.39, 0.29) is 5.54 Å². The Morgan fingerprint density at radius 3 is 2.29 bits per heavy atom. The molecule has 17 heavy (non-hydrogen) atoms. The molecule has 0 atom stereocenters. The van der Waals surface area contributed by atoms with Crippen molar-refractivity contribution in [2.24, 2.45) is 0 Å². The number of halogens is 2. The molecule has 0 saturated carbocycles. The third kappa shape index (κ3) is 2.87. The van der Waals surface area contributed by atoms with Gasteiger partial charge in [-0.15, -0.1) is 0 Å². The van der Waals surface area contributed by atoms with Crippen LogP contribution in [0, 0.1) is 0 Å². The van der Waals surface area contributed by atoms with Crippen LogP contribution >= 0.6 is 18.6 Å². The summed E-state index contributed by atoms with van der Waals surface area (Å²) in [4.78, 5) is 0. The monoisotopic (exact) mass is 325 g/mol. The van der Waals surface area contributed by atoms with Gasteiger partial charge in [-0.2, -0.15) is 0 Å². The van der Waals surface area contributed by atoms with Gasteiger partial charge in [-0.05, 0) is 0 Å². The summed E-state index contributed by atoms with van der Waals surface area (Å²) >= 11 is -2.81. The molecule has 1 saturated heterocycles. The molecule has 0 N–H and O–H groups in total. The Labute approximate surface area is 117 Å². The van der Waals surface area contributed by atoms with E-state index in [2.05, 4.69) is 42.4 Å². The average molecular weight is 326 g/mol. The molecule has 1 aliphatic heterocycles. The molecule has 1 nitrogen and oxygen atoms in total. The minimum atomic E-state index is -2.81. The van der Waals surface area contributed by atoms with Gasteiger partial charge in [0.1, 0.15) is 0 Å². The number of nitrogens with zero attached hydrogens (tertiary/aromatic N) is 1. The summed E-state index contributed by atoms with van der Waals surface area (Å²) in [6, 6.07) is 2.72. The van der Waals surface area contributed by atoms with Crippen LogP contribution in [-0.4, -0.2) is 15.6 Å². The molecule has 0 aromatic heterocycles. The Hall–Kier alpha value is 0.791. The molecule has 0 radical (unpaired) electrons. The molecular formula is C12H21Cl2NSiTi. The van der Waals surface area contributed by atoms with Crippen molar-refractivity contribution in [2.75, 3.05) is 0 Å². The van der Waals surface area contributed by atoms with Crippen LogP contribution in [0.3, 0.4) is 0 Å². The van der Waals surface area contributed by atoms with Gasteiger partial charge in [0.15, 0.2) is 0 Å². The zero-order chi connectivity index (χ0) is 12.7. The van der Waals surface area contributed by atoms with Crippen LogP contribution in [0.4, 0.5) is 0 Å². The van der Waals surface area contributed by atoms with Gasteiger partial charge in [-0.3, -0.25) is 0 Å². The van der Waals surface area contributed by atoms with Gasteiger partial charge in [0.25, 0.3) is 0 Å². The van der Waals surface area contributed by atoms with E-state index in [0.717, 1.165) is 6.42 Å². The fourth-order valence-electron chi connectivity index (χ4n) is 2.61. The van der Waals surface area contributed by atoms with Gasteiger partial charge in [0, 0.05) is 0 Å². The summed E-state index contributed by atoms with van der Waals surface area (Å²) in [7, 11) is 13.9. The SMILES string of the molecule is CC(C)(C)[N](C1=CC=CC1)[Ti]([Cl])([Cl])[SiH]1CCC1. The summed E-state index contributed by atoms with van der Waals surface area (Å²) < 4.78 is 2.45. The van der Waals surface area contributed by atoms with Crippen molar-refractivity contribution in [3.63, 3.8) is 0 Å². The van der Waals surface area contributed by atoms with Crippen LogP contribution in [0.1, 0.15) is 33.6 Å². The third-order valence-electron chi connectivity index (χ3n) is 3.60. The molecule has 2 aliphatic rings. The fraction of sp³-hybridized carbons (Fsp3) is 0.667. The molecule has 5 heteroatoms. The predicted molar refractivity (Wildman–Crippen MR) is 76.5 cm³/mol. The predicted octanol–water partition coefficient (Wildman–Crippen LogP) is 4.43. The Morgan fingerprint density at radius 1 is 1.29 bits per heavy atom. The molecule has 0 aromatic carbocycles. The van der Waals surface area contributed by atoms with E-state index in [1.54, 1.807) is 0 Å². The van der Waals surface area contributed by atoms with Crippen LogP contribution in [0.15, 0.2) is 23.9 Å². The van der Waals surface area contributed by atoms with Gasteiger partial charge in [0.2, 0.25) is 0 Å². The molecule has 0 unspecified atom stereocenters. The van der Waals surface area contributed by atoms with Crippen molar-refractivity contribution in [1.29, 1.82) is 0 Å². The molecule has 0 amide bonds. The van der Waals surface area contributed by atoms with Crippen molar-refractivity contribution in [3.8, 4) is 0 Å². The maximum atomic E-state index is 6.94. The topological polar surface area (TPSA) is 3.24 Å². The van der Waals surface area contributed by atoms with Crippen molar-refractivity contribution in [1.82, 2.24) is 3.38 Å². The Bertz CT molecular complexity index is 356. The van der Waals surface area contributed by atoms with E-state index in [1.165, 1.54) is 24.2 Å². The third-order valence-corrected chi connectivity index (χ3v) is 26.6. The standard InChI is InChI=1S/C9H14N.C3H7Si.2ClH.Ti/c1-9(2,3)10-8-6-4-5-7-8;1-2-4-3-1;;;/h4-6H,7H2,1-3H3;4H,1-3H2;2*1H;/q-1;;;;+3/p-2. The second kappa shape index (κ2) is 5.05. The molecule has 1 fully saturated rings. The summed E-state index contributed by atoms with van der Waals surface area (Å²) in [5.74, 6) is 0. The van der Waals surface area contributed by atoms with Crippen LogP contribution in [0.5, 0.6) is 0 Å². The first-order chi connectivity index (χ1) is 7.83. The van der Waals surface area contributed by atoms with Gasteiger partial charge >= 0.3 is 118 Å². The summed E-state index contributed by atoms with van der Waals surface area (Å²) in [5.41, 5.74) is 1.41. The quantitative estimate of drug-likeness (QED) is 0.693. The van der Waals surface area contributed by atoms with Gasteiger partial charge in [-0.1, -0.05) is 0 Å². The second-order valence-electron chi connectivity index (χ2n) is 6.01. The summed E-state index contributed by atoms with van der Waals surface area (Å²) in [5, 5.41) is 0. The molecule has 0 aromatic rings. The molecule has 1 heterocycles. The second-order valence-corrected chi connectivity index (χ2v) is 26.9. The van der Waals surface area contributed by atoms with Gasteiger partial charge in [-0.25, -0.2) is 0 Å². The average Bonchev–Trinajstić information content (AvgIpc) is 2.47. The first kappa shape index (κ1) is 14.2. The molecule has 0 bridgehead atoms. The number of hydrogen-bond acceptors (Lipinski definition) is 1. The van der Waals surface area contributed by atoms with Crippen molar-refractivity contribution < 1.29 is 14.0 Å². The first-order valence-corrected chi connectivity index (χ1v) is 16.3. The zero-order valence-corrected chi connectivity index (χ0v) is 15.1. The number of hydrogen-bond donors (Lipinski definition) is 0. The normalized spacial score (nSPS) is 21.4. The van der Waals surface area contributed by atoms with Crippen LogP contribution in [0.25, 0.3) is 0 Å². The van der Waals surface area contributed by atoms with E-state index < -0.39 is 20.6 Å². The molecule has 1 aliphatic carbocycles. The van der Waals surface area contributed by atoms with Crippen molar-refractivity contribution >= 4 is 25.3 Å². The molecule has 2 rings (SSSR count). The van der Waals surface area contributed by atoms with Crippen LogP contribution in [-0.2, 0) is 14.0 Å². The minimum absolute atomic E-state index is 0.0595. The number of allylic oxidation sites excluding steroid dienone is 3. The Balaban J connectivity index is 2.26. The van der Waals surface area contributed by atoms with E-state index in [4.69, 9.17) is 18.6 Å². The molecule has 96 valence electrons. The van der Waals surface area contributed by atoms with E-state index in [9.17, 15) is 0 Å².